The quantitative estimate of drug-likeness (QED) is 0.441. The monoisotopic (exact) mass is 493 g/mol. The van der Waals surface area contributed by atoms with E-state index in [4.69, 9.17) is 16.3 Å². The predicted molar refractivity (Wildman–Crippen MR) is 132 cm³/mol. The molecule has 3 rings (SSSR count). The molecule has 0 spiro atoms. The van der Waals surface area contributed by atoms with Gasteiger partial charge in [-0.05, 0) is 23.8 Å². The zero-order valence-electron chi connectivity index (χ0n) is 19.0. The maximum Gasteiger partial charge on any atom is 0.407 e. The molecule has 0 aliphatic carbocycles. The van der Waals surface area contributed by atoms with Crippen LogP contribution < -0.4 is 15.5 Å². The molecule has 0 heterocycles. The van der Waals surface area contributed by atoms with Gasteiger partial charge < -0.3 is 15.0 Å². The van der Waals surface area contributed by atoms with E-state index in [0.717, 1.165) is 5.56 Å². The lowest BCUT2D eigenvalue weighted by atomic mass is 10.0. The summed E-state index contributed by atoms with van der Waals surface area (Å²) in [7, 11) is 1.62. The van der Waals surface area contributed by atoms with Gasteiger partial charge in [-0.15, -0.1) is 0 Å². The normalized spacial score (nSPS) is 10.2. The molecule has 0 radical (unpaired) electrons. The summed E-state index contributed by atoms with van der Waals surface area (Å²) >= 11 is 6.11. The van der Waals surface area contributed by atoms with E-state index in [1.807, 2.05) is 18.2 Å². The van der Waals surface area contributed by atoms with Crippen LogP contribution in [0.25, 0.3) is 0 Å². The van der Waals surface area contributed by atoms with E-state index < -0.39 is 24.5 Å². The number of alkyl carbamates (subject to hydrolysis) is 1. The van der Waals surface area contributed by atoms with Gasteiger partial charge in [0.15, 0.2) is 5.78 Å². The highest BCUT2D eigenvalue weighted by atomic mass is 35.5. The molecule has 3 amide bonds. The Morgan fingerprint density at radius 1 is 0.886 bits per heavy atom. The minimum atomic E-state index is -0.779. The van der Waals surface area contributed by atoms with Crippen molar-refractivity contribution in [3.05, 3.63) is 101 Å². The van der Waals surface area contributed by atoms with E-state index in [1.165, 1.54) is 11.0 Å². The molecule has 0 unspecified atom stereocenters. The third-order valence-corrected chi connectivity index (χ3v) is 5.15. The molecule has 0 aliphatic rings. The number of carbonyl (C=O) groups is 4. The number of amides is 3. The first kappa shape index (κ1) is 25.5. The molecule has 0 aromatic heterocycles. The van der Waals surface area contributed by atoms with Crippen LogP contribution in [0, 0.1) is 0 Å². The maximum absolute atomic E-state index is 13.0. The minimum absolute atomic E-state index is 0.0587. The van der Waals surface area contributed by atoms with Crippen LogP contribution >= 0.6 is 11.6 Å². The smallest absolute Gasteiger partial charge is 0.407 e. The lowest BCUT2D eigenvalue weighted by Crippen LogP contribution is -2.43. The van der Waals surface area contributed by atoms with Crippen LogP contribution in [0.15, 0.2) is 78.9 Å². The summed E-state index contributed by atoms with van der Waals surface area (Å²) in [5.74, 6) is -1.55. The number of halogens is 1. The highest BCUT2D eigenvalue weighted by Gasteiger charge is 2.19. The molecule has 2 N–H and O–H groups in total. The Kier molecular flexibility index (Phi) is 8.97. The fraction of sp³-hybridized carbons (Fsp3) is 0.154. The number of benzene rings is 3. The SMILES string of the molecule is CN(CC(=O)NC(=O)CNC(=O)OCc1ccccc1)c1ccc(Cl)cc1C(=O)c1ccccc1. The number of anilines is 1. The number of hydrogen-bond donors (Lipinski definition) is 2. The summed E-state index contributed by atoms with van der Waals surface area (Å²) in [6, 6.07) is 22.6. The summed E-state index contributed by atoms with van der Waals surface area (Å²) < 4.78 is 5.02. The molecular formula is C26H24ClN3O5. The second kappa shape index (κ2) is 12.3. The van der Waals surface area contributed by atoms with Crippen LogP contribution in [-0.2, 0) is 20.9 Å². The third-order valence-electron chi connectivity index (χ3n) is 4.92. The van der Waals surface area contributed by atoms with Gasteiger partial charge in [-0.3, -0.25) is 19.7 Å². The van der Waals surface area contributed by atoms with Gasteiger partial charge in [-0.25, -0.2) is 4.79 Å². The molecule has 3 aromatic carbocycles. The Bertz CT molecular complexity index is 1200. The first-order chi connectivity index (χ1) is 16.8. The molecule has 0 aliphatic heterocycles. The molecule has 180 valence electrons. The van der Waals surface area contributed by atoms with Crippen molar-refractivity contribution < 1.29 is 23.9 Å². The van der Waals surface area contributed by atoms with Crippen LogP contribution in [0.1, 0.15) is 21.5 Å². The highest BCUT2D eigenvalue weighted by Crippen LogP contribution is 2.26. The second-order valence-electron chi connectivity index (χ2n) is 7.60. The number of nitrogens with one attached hydrogen (secondary N) is 2. The first-order valence-corrected chi connectivity index (χ1v) is 11.1. The van der Waals surface area contributed by atoms with Crippen molar-refractivity contribution in [3.63, 3.8) is 0 Å². The number of hydrogen-bond acceptors (Lipinski definition) is 6. The Morgan fingerprint density at radius 3 is 2.23 bits per heavy atom. The van der Waals surface area contributed by atoms with Gasteiger partial charge in [0.1, 0.15) is 13.2 Å². The molecule has 3 aromatic rings. The van der Waals surface area contributed by atoms with Crippen molar-refractivity contribution in [1.29, 1.82) is 0 Å². The highest BCUT2D eigenvalue weighted by molar-refractivity contribution is 6.31. The van der Waals surface area contributed by atoms with E-state index in [1.54, 1.807) is 61.6 Å². The molecule has 0 saturated carbocycles. The summed E-state index contributed by atoms with van der Waals surface area (Å²) in [6.45, 7) is -0.578. The standard InChI is InChI=1S/C26H24ClN3O5/c1-30(22-13-12-20(27)14-21(22)25(33)19-10-6-3-7-11-19)16-24(32)29-23(31)15-28-26(34)35-17-18-8-4-2-5-9-18/h2-14H,15-17H2,1H3,(H,28,34)(H,29,31,32). The average Bonchev–Trinajstić information content (AvgIpc) is 2.86. The third kappa shape index (κ3) is 7.68. The number of ketones is 1. The molecule has 0 bridgehead atoms. The molecular weight excluding hydrogens is 470 g/mol. The number of likely N-dealkylation sites (N-methyl/N-ethyl adjacent to an activating group) is 1. The zero-order chi connectivity index (χ0) is 25.2. The number of imide groups is 1. The van der Waals surface area contributed by atoms with Gasteiger partial charge in [-0.2, -0.15) is 0 Å². The fourth-order valence-corrected chi connectivity index (χ4v) is 3.41. The van der Waals surface area contributed by atoms with Crippen molar-refractivity contribution in [2.24, 2.45) is 0 Å². The second-order valence-corrected chi connectivity index (χ2v) is 8.04. The van der Waals surface area contributed by atoms with Gasteiger partial charge in [0, 0.05) is 28.9 Å². The molecule has 0 saturated heterocycles. The lowest BCUT2D eigenvalue weighted by Gasteiger charge is -2.21. The Morgan fingerprint density at radius 2 is 1.54 bits per heavy atom. The van der Waals surface area contributed by atoms with Crippen molar-refractivity contribution in [1.82, 2.24) is 10.6 Å². The van der Waals surface area contributed by atoms with Crippen LogP contribution in [-0.4, -0.2) is 43.8 Å². The van der Waals surface area contributed by atoms with E-state index in [9.17, 15) is 19.2 Å². The lowest BCUT2D eigenvalue weighted by molar-refractivity contribution is -0.129. The Hall–Kier alpha value is -4.17. The fourth-order valence-electron chi connectivity index (χ4n) is 3.23. The predicted octanol–water partition coefficient (Wildman–Crippen LogP) is 3.58. The van der Waals surface area contributed by atoms with E-state index in [0.29, 0.717) is 21.8 Å². The summed E-state index contributed by atoms with van der Waals surface area (Å²) in [5, 5.41) is 4.87. The Labute approximate surface area is 207 Å². The van der Waals surface area contributed by atoms with E-state index >= 15 is 0 Å². The van der Waals surface area contributed by atoms with E-state index in [2.05, 4.69) is 10.6 Å². The number of ether oxygens (including phenoxy) is 1. The molecule has 9 heteroatoms. The molecule has 35 heavy (non-hydrogen) atoms. The van der Waals surface area contributed by atoms with Crippen molar-refractivity contribution >= 4 is 41.0 Å². The van der Waals surface area contributed by atoms with E-state index in [-0.39, 0.29) is 18.9 Å². The van der Waals surface area contributed by atoms with Gasteiger partial charge in [0.05, 0.1) is 6.54 Å². The number of carbonyl (C=O) groups excluding carboxylic acids is 4. The van der Waals surface area contributed by atoms with Gasteiger partial charge in [0.25, 0.3) is 0 Å². The number of rotatable bonds is 9. The van der Waals surface area contributed by atoms with Crippen molar-refractivity contribution in [2.75, 3.05) is 25.0 Å². The summed E-state index contributed by atoms with van der Waals surface area (Å²) in [5.41, 5.74) is 2.09. The molecule has 8 nitrogen and oxygen atoms in total. The topological polar surface area (TPSA) is 105 Å². The zero-order valence-corrected chi connectivity index (χ0v) is 19.7. The average molecular weight is 494 g/mol. The Balaban J connectivity index is 1.52. The van der Waals surface area contributed by atoms with Crippen LogP contribution in [0.2, 0.25) is 5.02 Å². The number of nitrogens with zero attached hydrogens (tertiary/aromatic N) is 1. The van der Waals surface area contributed by atoms with Crippen LogP contribution in [0.5, 0.6) is 0 Å². The molecule has 0 fully saturated rings. The van der Waals surface area contributed by atoms with Crippen LogP contribution in [0.4, 0.5) is 10.5 Å². The van der Waals surface area contributed by atoms with Crippen LogP contribution in [0.3, 0.4) is 0 Å². The minimum Gasteiger partial charge on any atom is -0.445 e. The van der Waals surface area contributed by atoms with Crippen molar-refractivity contribution in [3.8, 4) is 0 Å². The largest absolute Gasteiger partial charge is 0.445 e. The first-order valence-electron chi connectivity index (χ1n) is 10.7. The maximum atomic E-state index is 13.0. The van der Waals surface area contributed by atoms with Gasteiger partial charge >= 0.3 is 6.09 Å². The summed E-state index contributed by atoms with van der Waals surface area (Å²) in [6.07, 6.45) is -0.779. The molecule has 0 atom stereocenters. The summed E-state index contributed by atoms with van der Waals surface area (Å²) in [4.78, 5) is 50.7. The van der Waals surface area contributed by atoms with Gasteiger partial charge in [-0.1, -0.05) is 72.3 Å². The van der Waals surface area contributed by atoms with Crippen molar-refractivity contribution in [2.45, 2.75) is 6.61 Å². The van der Waals surface area contributed by atoms with Gasteiger partial charge in [0.2, 0.25) is 11.8 Å².